The van der Waals surface area contributed by atoms with Crippen LogP contribution in [-0.2, 0) is 9.59 Å². The van der Waals surface area contributed by atoms with E-state index in [-0.39, 0.29) is 31.0 Å². The van der Waals surface area contributed by atoms with Gasteiger partial charge in [0.2, 0.25) is 5.91 Å². The van der Waals surface area contributed by atoms with Gasteiger partial charge in [0.15, 0.2) is 6.61 Å². The fourth-order valence-corrected chi connectivity index (χ4v) is 3.35. The fraction of sp³-hybridized carbons (Fsp3) is 0.364. The average Bonchev–Trinajstić information content (AvgIpc) is 3.27. The van der Waals surface area contributed by atoms with Gasteiger partial charge in [-0.15, -0.1) is 0 Å². The molecule has 2 amide bonds. The van der Waals surface area contributed by atoms with Crippen LogP contribution < -0.4 is 15.4 Å². The molecule has 148 valence electrons. The number of hydrogen-bond acceptors (Lipinski definition) is 4. The molecule has 28 heavy (non-hydrogen) atoms. The Hall–Kier alpha value is -2.86. The highest BCUT2D eigenvalue weighted by Crippen LogP contribution is 2.24. The SMILES string of the molecule is O=C(CNC(=O)COc1ccccc1)NCC(c1ccccc1)N1CCCC1. The van der Waals surface area contributed by atoms with Gasteiger partial charge in [-0.2, -0.15) is 0 Å². The number of hydrogen-bond donors (Lipinski definition) is 2. The van der Waals surface area contributed by atoms with Crippen molar-refractivity contribution in [1.29, 1.82) is 0 Å². The molecular weight excluding hydrogens is 354 g/mol. The Bertz CT molecular complexity index is 746. The number of likely N-dealkylation sites (tertiary alicyclic amines) is 1. The Labute approximate surface area is 165 Å². The van der Waals surface area contributed by atoms with Gasteiger partial charge in [0.1, 0.15) is 5.75 Å². The van der Waals surface area contributed by atoms with Gasteiger partial charge < -0.3 is 15.4 Å². The minimum atomic E-state index is -0.321. The van der Waals surface area contributed by atoms with Crippen molar-refractivity contribution in [2.45, 2.75) is 18.9 Å². The topological polar surface area (TPSA) is 70.7 Å². The van der Waals surface area contributed by atoms with Crippen molar-refractivity contribution in [1.82, 2.24) is 15.5 Å². The summed E-state index contributed by atoms with van der Waals surface area (Å²) in [4.78, 5) is 26.5. The number of nitrogens with one attached hydrogen (secondary N) is 2. The van der Waals surface area contributed by atoms with Crippen molar-refractivity contribution in [3.05, 3.63) is 66.2 Å². The lowest BCUT2D eigenvalue weighted by Crippen LogP contribution is -2.42. The van der Waals surface area contributed by atoms with E-state index < -0.39 is 0 Å². The zero-order valence-corrected chi connectivity index (χ0v) is 16.0. The van der Waals surface area contributed by atoms with Gasteiger partial charge in [-0.25, -0.2) is 0 Å². The zero-order valence-electron chi connectivity index (χ0n) is 16.0. The molecular formula is C22H27N3O3. The number of carbonyl (C=O) groups excluding carboxylic acids is 2. The molecule has 2 N–H and O–H groups in total. The van der Waals surface area contributed by atoms with Crippen LogP contribution in [0, 0.1) is 0 Å². The van der Waals surface area contributed by atoms with Crippen LogP contribution in [0.4, 0.5) is 0 Å². The van der Waals surface area contributed by atoms with E-state index in [1.165, 1.54) is 18.4 Å². The van der Waals surface area contributed by atoms with Crippen molar-refractivity contribution in [2.24, 2.45) is 0 Å². The summed E-state index contributed by atoms with van der Waals surface area (Å²) < 4.78 is 5.37. The standard InChI is InChI=1S/C22H27N3O3/c26-21(16-24-22(27)17-28-19-11-5-2-6-12-19)23-15-20(25-13-7-8-14-25)18-9-3-1-4-10-18/h1-6,9-12,20H,7-8,13-17H2,(H,23,26)(H,24,27). The van der Waals surface area contributed by atoms with Crippen molar-refractivity contribution in [3.63, 3.8) is 0 Å². The number of benzene rings is 2. The summed E-state index contributed by atoms with van der Waals surface area (Å²) >= 11 is 0. The molecule has 1 saturated heterocycles. The number of para-hydroxylation sites is 1. The van der Waals surface area contributed by atoms with Crippen LogP contribution in [0.25, 0.3) is 0 Å². The Morgan fingerprint density at radius 3 is 2.21 bits per heavy atom. The molecule has 1 aliphatic heterocycles. The van der Waals surface area contributed by atoms with Crippen LogP contribution in [0.3, 0.4) is 0 Å². The van der Waals surface area contributed by atoms with Crippen molar-refractivity contribution < 1.29 is 14.3 Å². The van der Waals surface area contributed by atoms with Crippen LogP contribution in [-0.4, -0.2) is 49.5 Å². The van der Waals surface area contributed by atoms with Crippen molar-refractivity contribution >= 4 is 11.8 Å². The normalized spacial score (nSPS) is 15.0. The van der Waals surface area contributed by atoms with Crippen LogP contribution >= 0.6 is 0 Å². The second kappa shape index (κ2) is 10.5. The van der Waals surface area contributed by atoms with E-state index in [0.717, 1.165) is 13.1 Å². The van der Waals surface area contributed by atoms with Crippen molar-refractivity contribution in [3.8, 4) is 5.75 Å². The summed E-state index contributed by atoms with van der Waals surface area (Å²) in [5.41, 5.74) is 1.20. The molecule has 0 bridgehead atoms. The highest BCUT2D eigenvalue weighted by Gasteiger charge is 2.23. The van der Waals surface area contributed by atoms with E-state index in [4.69, 9.17) is 4.74 Å². The number of nitrogens with zero attached hydrogens (tertiary/aromatic N) is 1. The molecule has 0 radical (unpaired) electrons. The molecule has 2 aromatic rings. The summed E-state index contributed by atoms with van der Waals surface area (Å²) in [6, 6.07) is 19.5. The second-order valence-electron chi connectivity index (χ2n) is 6.85. The van der Waals surface area contributed by atoms with Gasteiger partial charge in [0, 0.05) is 6.54 Å². The summed E-state index contributed by atoms with van der Waals surface area (Å²) in [7, 11) is 0. The van der Waals surface area contributed by atoms with E-state index >= 15 is 0 Å². The van der Waals surface area contributed by atoms with Crippen LogP contribution in [0.2, 0.25) is 0 Å². The average molecular weight is 381 g/mol. The quantitative estimate of drug-likeness (QED) is 0.698. The number of amides is 2. The lowest BCUT2D eigenvalue weighted by Gasteiger charge is -2.28. The molecule has 3 rings (SSSR count). The minimum absolute atomic E-state index is 0.0571. The van der Waals surface area contributed by atoms with Gasteiger partial charge in [0.05, 0.1) is 12.6 Å². The molecule has 1 fully saturated rings. The Balaban J connectivity index is 1.42. The maximum absolute atomic E-state index is 12.2. The first-order valence-electron chi connectivity index (χ1n) is 9.72. The molecule has 1 atom stereocenters. The fourth-order valence-electron chi connectivity index (χ4n) is 3.35. The maximum Gasteiger partial charge on any atom is 0.258 e. The second-order valence-corrected chi connectivity index (χ2v) is 6.85. The molecule has 6 heteroatoms. The minimum Gasteiger partial charge on any atom is -0.484 e. The molecule has 0 spiro atoms. The first-order valence-corrected chi connectivity index (χ1v) is 9.72. The summed E-state index contributed by atoms with van der Waals surface area (Å²) in [5.74, 6) is 0.102. The van der Waals surface area contributed by atoms with Gasteiger partial charge in [-0.3, -0.25) is 14.5 Å². The summed E-state index contributed by atoms with van der Waals surface area (Å²) in [5, 5.41) is 5.55. The number of carbonyl (C=O) groups is 2. The third-order valence-corrected chi connectivity index (χ3v) is 4.82. The smallest absolute Gasteiger partial charge is 0.258 e. The Morgan fingerprint density at radius 1 is 0.893 bits per heavy atom. The lowest BCUT2D eigenvalue weighted by molar-refractivity contribution is -0.127. The third-order valence-electron chi connectivity index (χ3n) is 4.82. The van der Waals surface area contributed by atoms with Crippen LogP contribution in [0.5, 0.6) is 5.75 Å². The molecule has 0 aromatic heterocycles. The van der Waals surface area contributed by atoms with Crippen LogP contribution in [0.1, 0.15) is 24.4 Å². The molecule has 0 saturated carbocycles. The first-order chi connectivity index (χ1) is 13.7. The number of rotatable bonds is 9. The van der Waals surface area contributed by atoms with Crippen molar-refractivity contribution in [2.75, 3.05) is 32.8 Å². The van der Waals surface area contributed by atoms with E-state index in [1.807, 2.05) is 36.4 Å². The Kier molecular flexibility index (Phi) is 7.44. The van der Waals surface area contributed by atoms with Gasteiger partial charge >= 0.3 is 0 Å². The lowest BCUT2D eigenvalue weighted by atomic mass is 10.1. The molecule has 1 unspecified atom stereocenters. The predicted octanol–water partition coefficient (Wildman–Crippen LogP) is 2.13. The summed E-state index contributed by atoms with van der Waals surface area (Å²) in [6.07, 6.45) is 2.38. The monoisotopic (exact) mass is 381 g/mol. The molecule has 2 aromatic carbocycles. The van der Waals surface area contributed by atoms with Crippen LogP contribution in [0.15, 0.2) is 60.7 Å². The zero-order chi connectivity index (χ0) is 19.6. The molecule has 1 aliphatic rings. The molecule has 6 nitrogen and oxygen atoms in total. The van der Waals surface area contributed by atoms with E-state index in [9.17, 15) is 9.59 Å². The largest absolute Gasteiger partial charge is 0.484 e. The van der Waals surface area contributed by atoms with E-state index in [2.05, 4.69) is 27.7 Å². The highest BCUT2D eigenvalue weighted by molar-refractivity contribution is 5.85. The van der Waals surface area contributed by atoms with Gasteiger partial charge in [0.25, 0.3) is 5.91 Å². The van der Waals surface area contributed by atoms with Gasteiger partial charge in [-0.1, -0.05) is 48.5 Å². The number of ether oxygens (including phenoxy) is 1. The maximum atomic E-state index is 12.2. The first kappa shape index (κ1) is 19.9. The van der Waals surface area contributed by atoms with E-state index in [0.29, 0.717) is 12.3 Å². The highest BCUT2D eigenvalue weighted by atomic mass is 16.5. The molecule has 1 heterocycles. The predicted molar refractivity (Wildman–Crippen MR) is 108 cm³/mol. The van der Waals surface area contributed by atoms with E-state index in [1.54, 1.807) is 12.1 Å². The van der Waals surface area contributed by atoms with Gasteiger partial charge in [-0.05, 0) is 43.6 Å². The summed E-state index contributed by atoms with van der Waals surface area (Å²) in [6.45, 7) is 2.45. The Morgan fingerprint density at radius 2 is 1.54 bits per heavy atom. The third kappa shape index (κ3) is 6.09. The molecule has 0 aliphatic carbocycles.